The van der Waals surface area contributed by atoms with Crippen molar-refractivity contribution in [2.75, 3.05) is 4.90 Å². The van der Waals surface area contributed by atoms with Crippen molar-refractivity contribution in [2.45, 2.75) is 29.2 Å². The zero-order valence-corrected chi connectivity index (χ0v) is 41.3. The number of rotatable bonds is 9. The van der Waals surface area contributed by atoms with Gasteiger partial charge in [0.2, 0.25) is 0 Å². The molecule has 0 fully saturated rings. The van der Waals surface area contributed by atoms with Crippen molar-refractivity contribution in [3.63, 3.8) is 0 Å². The van der Waals surface area contributed by atoms with Crippen LogP contribution >= 0.6 is 0 Å². The largest absolute Gasteiger partial charge is 0.333 e. The van der Waals surface area contributed by atoms with Gasteiger partial charge >= 0.3 is 0 Å². The van der Waals surface area contributed by atoms with Gasteiger partial charge in [0, 0.05) is 22.4 Å². The molecule has 14 rings (SSSR count). The van der Waals surface area contributed by atoms with Gasteiger partial charge in [0.1, 0.15) is 0 Å². The Balaban J connectivity index is 1.08. The number of allylic oxidation sites excluding steroid dienone is 2. The lowest BCUT2D eigenvalue weighted by atomic mass is 9.61. The van der Waals surface area contributed by atoms with E-state index < -0.39 is 16.2 Å². The van der Waals surface area contributed by atoms with Crippen molar-refractivity contribution in [3.05, 3.63) is 347 Å². The smallest absolute Gasteiger partial charge is 0.0714 e. The standard InChI is InChI=1S/C73H53N/c1-71-64-43-20-21-44-65(64)73(55-34-13-5-14-35-55,56-36-15-6-16-37-56)68(71)46-25-47-69(71)74(67-45-22-18-39-61(67)62-41-24-29-52-28-23-40-58(70(52)62)51-26-7-2-8-27-51)57-48-49-60-59-38-17-19-42-63(59)72(66(60)50-57,53-30-9-3-10-31-53)54-32-11-4-12-33-54/h2-50,69H,1H3. The van der Waals surface area contributed by atoms with Crippen LogP contribution in [0, 0.1) is 0 Å². The Morgan fingerprint density at radius 3 is 1.45 bits per heavy atom. The maximum absolute atomic E-state index is 2.72. The Labute approximate surface area is 434 Å². The van der Waals surface area contributed by atoms with E-state index in [0.29, 0.717) is 0 Å². The summed E-state index contributed by atoms with van der Waals surface area (Å²) in [6.45, 7) is 2.53. The Kier molecular flexibility index (Phi) is 10.2. The molecule has 1 nitrogen and oxygen atoms in total. The maximum atomic E-state index is 2.72. The summed E-state index contributed by atoms with van der Waals surface area (Å²) < 4.78 is 0. The molecular formula is C73H53N. The second-order valence-electron chi connectivity index (χ2n) is 20.4. The van der Waals surface area contributed by atoms with Gasteiger partial charge in [0.05, 0.1) is 16.9 Å². The predicted molar refractivity (Wildman–Crippen MR) is 308 cm³/mol. The molecule has 0 aromatic heterocycles. The van der Waals surface area contributed by atoms with E-state index in [1.54, 1.807) is 0 Å². The number of fused-ring (bicyclic) bond motifs is 7. The van der Waals surface area contributed by atoms with E-state index >= 15 is 0 Å². The number of anilines is 2. The lowest BCUT2D eigenvalue weighted by Crippen LogP contribution is -2.49. The molecule has 1 heteroatoms. The fourth-order valence-corrected chi connectivity index (χ4v) is 13.9. The minimum absolute atomic E-state index is 0.188. The topological polar surface area (TPSA) is 3.24 Å². The zero-order chi connectivity index (χ0) is 49.3. The van der Waals surface area contributed by atoms with E-state index in [1.165, 1.54) is 94.2 Å². The summed E-state index contributed by atoms with van der Waals surface area (Å²) in [6.07, 6.45) is 7.30. The van der Waals surface area contributed by atoms with Crippen LogP contribution in [0.2, 0.25) is 0 Å². The first-order valence-corrected chi connectivity index (χ1v) is 26.0. The molecular weight excluding hydrogens is 891 g/mol. The molecule has 0 saturated heterocycles. The Morgan fingerprint density at radius 1 is 0.351 bits per heavy atom. The third kappa shape index (κ3) is 6.23. The molecule has 0 bridgehead atoms. The SMILES string of the molecule is CC12C(=CC=CC1N(c1ccc3c(c1)C(c1ccccc1)(c1ccccc1)c1ccccc1-3)c1ccccc1-c1cccc3cccc(-c4ccccc4)c13)C(c1ccccc1)(c1ccccc1)c1ccccc12. The molecule has 0 saturated carbocycles. The van der Waals surface area contributed by atoms with Crippen LogP contribution in [-0.2, 0) is 16.2 Å². The van der Waals surface area contributed by atoms with Crippen LogP contribution in [0.5, 0.6) is 0 Å². The molecule has 74 heavy (non-hydrogen) atoms. The summed E-state index contributed by atoms with van der Waals surface area (Å²) >= 11 is 0. The Hall–Kier alpha value is -9.04. The molecule has 0 amide bonds. The lowest BCUT2D eigenvalue weighted by Gasteiger charge is -2.48. The van der Waals surface area contributed by atoms with E-state index in [-0.39, 0.29) is 6.04 Å². The van der Waals surface area contributed by atoms with Crippen LogP contribution < -0.4 is 4.90 Å². The van der Waals surface area contributed by atoms with Crippen molar-refractivity contribution in [1.29, 1.82) is 0 Å². The number of para-hydroxylation sites is 1. The van der Waals surface area contributed by atoms with Crippen LogP contribution in [0.1, 0.15) is 51.4 Å². The molecule has 0 aliphatic heterocycles. The first-order chi connectivity index (χ1) is 36.6. The van der Waals surface area contributed by atoms with E-state index in [1.807, 2.05) is 0 Å². The molecule has 0 spiro atoms. The van der Waals surface area contributed by atoms with Crippen LogP contribution in [-0.4, -0.2) is 6.04 Å². The summed E-state index contributed by atoms with van der Waals surface area (Å²) in [7, 11) is 0. The van der Waals surface area contributed by atoms with Gasteiger partial charge in [-0.15, -0.1) is 0 Å². The van der Waals surface area contributed by atoms with E-state index in [2.05, 4.69) is 309 Å². The summed E-state index contributed by atoms with van der Waals surface area (Å²) in [6, 6.07) is 104. The Morgan fingerprint density at radius 2 is 0.824 bits per heavy atom. The predicted octanol–water partition coefficient (Wildman–Crippen LogP) is 17.8. The van der Waals surface area contributed by atoms with Crippen LogP contribution in [0.25, 0.3) is 44.2 Å². The molecule has 0 heterocycles. The number of nitrogens with zero attached hydrogens (tertiary/aromatic N) is 1. The summed E-state index contributed by atoms with van der Waals surface area (Å²) in [5.74, 6) is 0. The third-order valence-electron chi connectivity index (χ3n) is 16.9. The first-order valence-electron chi connectivity index (χ1n) is 26.0. The number of benzene rings is 11. The van der Waals surface area contributed by atoms with Gasteiger partial charge in [-0.25, -0.2) is 0 Å². The molecule has 2 unspecified atom stereocenters. The lowest BCUT2D eigenvalue weighted by molar-refractivity contribution is 0.473. The number of hydrogen-bond donors (Lipinski definition) is 0. The molecule has 11 aromatic carbocycles. The number of hydrogen-bond acceptors (Lipinski definition) is 1. The molecule has 3 aliphatic carbocycles. The van der Waals surface area contributed by atoms with Crippen molar-refractivity contribution in [1.82, 2.24) is 0 Å². The van der Waals surface area contributed by atoms with E-state index in [0.717, 1.165) is 11.4 Å². The zero-order valence-electron chi connectivity index (χ0n) is 41.3. The van der Waals surface area contributed by atoms with Gasteiger partial charge in [0.25, 0.3) is 0 Å². The van der Waals surface area contributed by atoms with Crippen molar-refractivity contribution in [3.8, 4) is 33.4 Å². The normalized spacial score (nSPS) is 17.4. The average Bonchev–Trinajstić information content (AvgIpc) is 3.92. The van der Waals surface area contributed by atoms with Gasteiger partial charge in [-0.2, -0.15) is 0 Å². The highest BCUT2D eigenvalue weighted by atomic mass is 15.2. The van der Waals surface area contributed by atoms with Crippen molar-refractivity contribution in [2.24, 2.45) is 0 Å². The molecule has 11 aromatic rings. The van der Waals surface area contributed by atoms with Gasteiger partial charge in [0.15, 0.2) is 0 Å². The summed E-state index contributed by atoms with van der Waals surface area (Å²) in [4.78, 5) is 2.72. The minimum Gasteiger partial charge on any atom is -0.333 e. The molecule has 2 atom stereocenters. The summed E-state index contributed by atoms with van der Waals surface area (Å²) in [5.41, 5.74) is 19.6. The fourth-order valence-electron chi connectivity index (χ4n) is 13.9. The maximum Gasteiger partial charge on any atom is 0.0714 e. The first kappa shape index (κ1) is 43.7. The highest BCUT2D eigenvalue weighted by molar-refractivity contribution is 6.08. The monoisotopic (exact) mass is 943 g/mol. The molecule has 3 aliphatic rings. The molecule has 350 valence electrons. The fraction of sp³-hybridized carbons (Fsp3) is 0.0685. The van der Waals surface area contributed by atoms with Crippen LogP contribution in [0.3, 0.4) is 0 Å². The van der Waals surface area contributed by atoms with Crippen molar-refractivity contribution < 1.29 is 0 Å². The third-order valence-corrected chi connectivity index (χ3v) is 16.9. The van der Waals surface area contributed by atoms with Gasteiger partial charge in [-0.1, -0.05) is 279 Å². The van der Waals surface area contributed by atoms with Gasteiger partial charge < -0.3 is 4.90 Å². The second kappa shape index (κ2) is 17.3. The second-order valence-corrected chi connectivity index (χ2v) is 20.4. The quantitative estimate of drug-likeness (QED) is 0.139. The summed E-state index contributed by atoms with van der Waals surface area (Å²) in [5, 5.41) is 2.46. The van der Waals surface area contributed by atoms with E-state index in [9.17, 15) is 0 Å². The molecule has 0 N–H and O–H groups in total. The van der Waals surface area contributed by atoms with Gasteiger partial charge in [-0.05, 0) is 114 Å². The minimum atomic E-state index is -0.580. The van der Waals surface area contributed by atoms with Crippen LogP contribution in [0.4, 0.5) is 11.4 Å². The van der Waals surface area contributed by atoms with Gasteiger partial charge in [-0.3, -0.25) is 0 Å². The molecule has 0 radical (unpaired) electrons. The highest BCUT2D eigenvalue weighted by Gasteiger charge is 2.60. The van der Waals surface area contributed by atoms with Crippen LogP contribution in [0.15, 0.2) is 303 Å². The highest BCUT2D eigenvalue weighted by Crippen LogP contribution is 2.64. The Bertz CT molecular complexity index is 3880. The average molecular weight is 944 g/mol. The van der Waals surface area contributed by atoms with E-state index in [4.69, 9.17) is 0 Å². The van der Waals surface area contributed by atoms with Crippen molar-refractivity contribution >= 4 is 22.1 Å².